The van der Waals surface area contributed by atoms with E-state index in [9.17, 15) is 10.2 Å². The summed E-state index contributed by atoms with van der Waals surface area (Å²) in [6.45, 7) is 0. The van der Waals surface area contributed by atoms with E-state index in [2.05, 4.69) is 44.0 Å². The van der Waals surface area contributed by atoms with E-state index in [0.29, 0.717) is 11.1 Å². The number of alkyl halides is 2. The van der Waals surface area contributed by atoms with Gasteiger partial charge in [-0.3, -0.25) is 0 Å². The van der Waals surface area contributed by atoms with Crippen molar-refractivity contribution in [3.63, 3.8) is 0 Å². The van der Waals surface area contributed by atoms with Crippen LogP contribution in [0.15, 0.2) is 60.7 Å². The number of halogens is 2. The Morgan fingerprint density at radius 2 is 1.00 bits per heavy atom. The molecule has 0 saturated heterocycles. The number of phenols is 2. The summed E-state index contributed by atoms with van der Waals surface area (Å²) < 4.78 is 0. The third-order valence-electron chi connectivity index (χ3n) is 4.68. The molecule has 0 unspecified atom stereocenters. The van der Waals surface area contributed by atoms with Crippen LogP contribution < -0.4 is 0 Å². The lowest BCUT2D eigenvalue weighted by molar-refractivity contribution is 0.470. The molecule has 0 spiro atoms. The zero-order valence-corrected chi connectivity index (χ0v) is 17.0. The molecule has 0 saturated carbocycles. The highest BCUT2D eigenvalue weighted by atomic mass is 79.9. The Bertz CT molecular complexity index is 1040. The fourth-order valence-corrected chi connectivity index (χ4v) is 4.12. The Morgan fingerprint density at radius 1 is 0.577 bits per heavy atom. The average Bonchev–Trinajstić information content (AvgIpc) is 2.68. The standard InChI is InChI=1S/C22H16Br2O2/c23-11-13-1-5-17-15(9-13)3-7-19(25)21(17)22-18-6-2-14(12-24)10-16(18)4-8-20(22)26/h1-10,25-26H,11-12H2. The van der Waals surface area contributed by atoms with Crippen LogP contribution in [-0.4, -0.2) is 10.2 Å². The van der Waals surface area contributed by atoms with Crippen LogP contribution in [0.5, 0.6) is 11.5 Å². The van der Waals surface area contributed by atoms with Crippen LogP contribution in [0, 0.1) is 0 Å². The monoisotopic (exact) mass is 470 g/mol. The Kier molecular flexibility index (Phi) is 4.63. The second-order valence-corrected chi connectivity index (χ2v) is 7.42. The van der Waals surface area contributed by atoms with Gasteiger partial charge < -0.3 is 10.2 Å². The zero-order valence-electron chi connectivity index (χ0n) is 13.8. The van der Waals surface area contributed by atoms with Gasteiger partial charge in [-0.1, -0.05) is 80.4 Å². The summed E-state index contributed by atoms with van der Waals surface area (Å²) in [5.41, 5.74) is 3.66. The molecule has 0 heterocycles. The van der Waals surface area contributed by atoms with Gasteiger partial charge >= 0.3 is 0 Å². The summed E-state index contributed by atoms with van der Waals surface area (Å²) >= 11 is 6.97. The Labute approximate surface area is 168 Å². The molecule has 4 heteroatoms. The van der Waals surface area contributed by atoms with Gasteiger partial charge in [-0.05, 0) is 44.8 Å². The molecule has 0 bridgehead atoms. The molecule has 0 aliphatic rings. The molecule has 130 valence electrons. The summed E-state index contributed by atoms with van der Waals surface area (Å²) in [7, 11) is 0. The second-order valence-electron chi connectivity index (χ2n) is 6.30. The lowest BCUT2D eigenvalue weighted by atomic mass is 9.91. The highest BCUT2D eigenvalue weighted by molar-refractivity contribution is 9.08. The topological polar surface area (TPSA) is 40.5 Å². The molecule has 0 aromatic heterocycles. The van der Waals surface area contributed by atoms with Crippen LogP contribution >= 0.6 is 31.9 Å². The lowest BCUT2D eigenvalue weighted by Gasteiger charge is -2.15. The van der Waals surface area contributed by atoms with Crippen LogP contribution in [0.2, 0.25) is 0 Å². The molecule has 26 heavy (non-hydrogen) atoms. The molecule has 0 atom stereocenters. The highest BCUT2D eigenvalue weighted by Crippen LogP contribution is 2.44. The van der Waals surface area contributed by atoms with Crippen molar-refractivity contribution in [1.29, 1.82) is 0 Å². The maximum Gasteiger partial charge on any atom is 0.124 e. The third-order valence-corrected chi connectivity index (χ3v) is 5.98. The van der Waals surface area contributed by atoms with E-state index < -0.39 is 0 Å². The van der Waals surface area contributed by atoms with Gasteiger partial charge in [-0.15, -0.1) is 0 Å². The molecule has 4 aromatic carbocycles. The van der Waals surface area contributed by atoms with E-state index in [0.717, 1.165) is 32.2 Å². The first-order valence-electron chi connectivity index (χ1n) is 8.24. The number of hydrogen-bond acceptors (Lipinski definition) is 2. The van der Waals surface area contributed by atoms with E-state index in [1.807, 2.05) is 36.4 Å². The fraction of sp³-hybridized carbons (Fsp3) is 0.0909. The molecule has 0 radical (unpaired) electrons. The number of fused-ring (bicyclic) bond motifs is 2. The first kappa shape index (κ1) is 17.4. The predicted molar refractivity (Wildman–Crippen MR) is 115 cm³/mol. The Hall–Kier alpha value is -2.04. The van der Waals surface area contributed by atoms with E-state index in [1.54, 1.807) is 12.1 Å². The predicted octanol–water partition coefficient (Wildman–Crippen LogP) is 6.86. The maximum absolute atomic E-state index is 10.6. The van der Waals surface area contributed by atoms with Crippen molar-refractivity contribution >= 4 is 53.4 Å². The minimum absolute atomic E-state index is 0.163. The van der Waals surface area contributed by atoms with Crippen molar-refractivity contribution in [2.24, 2.45) is 0 Å². The molecule has 4 rings (SSSR count). The van der Waals surface area contributed by atoms with Crippen molar-refractivity contribution in [3.8, 4) is 22.6 Å². The summed E-state index contributed by atoms with van der Waals surface area (Å²) in [5.74, 6) is 0.327. The van der Waals surface area contributed by atoms with Gasteiger partial charge in [0.2, 0.25) is 0 Å². The van der Waals surface area contributed by atoms with Crippen molar-refractivity contribution in [1.82, 2.24) is 0 Å². The van der Waals surface area contributed by atoms with Gasteiger partial charge in [0.05, 0.1) is 0 Å². The van der Waals surface area contributed by atoms with Gasteiger partial charge in [-0.25, -0.2) is 0 Å². The van der Waals surface area contributed by atoms with Crippen molar-refractivity contribution in [2.45, 2.75) is 10.7 Å². The summed E-state index contributed by atoms with van der Waals surface area (Å²) in [4.78, 5) is 0. The van der Waals surface area contributed by atoms with E-state index in [4.69, 9.17) is 0 Å². The number of aromatic hydroxyl groups is 2. The van der Waals surface area contributed by atoms with Crippen molar-refractivity contribution < 1.29 is 10.2 Å². The molecule has 2 N–H and O–H groups in total. The van der Waals surface area contributed by atoms with Crippen LogP contribution in [0.25, 0.3) is 32.7 Å². The highest BCUT2D eigenvalue weighted by Gasteiger charge is 2.17. The molecule has 0 fully saturated rings. The number of rotatable bonds is 3. The Morgan fingerprint density at radius 3 is 1.38 bits per heavy atom. The largest absolute Gasteiger partial charge is 0.507 e. The molecule has 4 aromatic rings. The van der Waals surface area contributed by atoms with Gasteiger partial charge in [0, 0.05) is 21.8 Å². The van der Waals surface area contributed by atoms with Gasteiger partial charge in [-0.2, -0.15) is 0 Å². The van der Waals surface area contributed by atoms with E-state index >= 15 is 0 Å². The molecular weight excluding hydrogens is 456 g/mol. The fourth-order valence-electron chi connectivity index (χ4n) is 3.43. The quantitative estimate of drug-likeness (QED) is 0.320. The van der Waals surface area contributed by atoms with Crippen LogP contribution in [-0.2, 0) is 10.7 Å². The van der Waals surface area contributed by atoms with Gasteiger partial charge in [0.15, 0.2) is 0 Å². The Balaban J connectivity index is 2.09. The zero-order chi connectivity index (χ0) is 18.3. The first-order valence-corrected chi connectivity index (χ1v) is 10.5. The minimum Gasteiger partial charge on any atom is -0.507 e. The SMILES string of the molecule is Oc1ccc2cc(CBr)ccc2c1-c1c(O)ccc2cc(CBr)ccc12. The van der Waals surface area contributed by atoms with Crippen LogP contribution in [0.4, 0.5) is 0 Å². The maximum atomic E-state index is 10.6. The second kappa shape index (κ2) is 6.93. The molecule has 0 aliphatic heterocycles. The first-order chi connectivity index (χ1) is 12.6. The normalized spacial score (nSPS) is 11.3. The average molecular weight is 472 g/mol. The van der Waals surface area contributed by atoms with Crippen molar-refractivity contribution in [2.75, 3.05) is 0 Å². The molecule has 0 amide bonds. The molecule has 2 nitrogen and oxygen atoms in total. The van der Waals surface area contributed by atoms with Gasteiger partial charge in [0.25, 0.3) is 0 Å². The molecular formula is C22H16Br2O2. The summed E-state index contributed by atoms with van der Waals surface area (Å²) in [5, 5.41) is 26.7. The number of hydrogen-bond donors (Lipinski definition) is 2. The minimum atomic E-state index is 0.163. The van der Waals surface area contributed by atoms with Crippen LogP contribution in [0.3, 0.4) is 0 Å². The third kappa shape index (κ3) is 2.87. The number of benzene rings is 4. The van der Waals surface area contributed by atoms with Gasteiger partial charge in [0.1, 0.15) is 11.5 Å². The lowest BCUT2D eigenvalue weighted by Crippen LogP contribution is -1.89. The summed E-state index contributed by atoms with van der Waals surface area (Å²) in [6.07, 6.45) is 0. The van der Waals surface area contributed by atoms with E-state index in [-0.39, 0.29) is 11.5 Å². The summed E-state index contributed by atoms with van der Waals surface area (Å²) in [6, 6.07) is 19.5. The number of phenolic OH excluding ortho intramolecular Hbond substituents is 2. The van der Waals surface area contributed by atoms with E-state index in [1.165, 1.54) is 11.1 Å². The van der Waals surface area contributed by atoms with Crippen LogP contribution in [0.1, 0.15) is 11.1 Å². The molecule has 0 aliphatic carbocycles. The smallest absolute Gasteiger partial charge is 0.124 e. The van der Waals surface area contributed by atoms with Crippen molar-refractivity contribution in [3.05, 3.63) is 71.8 Å².